The Bertz CT molecular complexity index is 504. The number of nitrogens with two attached hydrogens (primary N) is 1. The summed E-state index contributed by atoms with van der Waals surface area (Å²) in [5, 5.41) is 11.9. The highest BCUT2D eigenvalue weighted by molar-refractivity contribution is 5.99. The van der Waals surface area contributed by atoms with Gasteiger partial charge >= 0.3 is 0 Å². The lowest BCUT2D eigenvalue weighted by Crippen LogP contribution is -2.43. The predicted octanol–water partition coefficient (Wildman–Crippen LogP) is 1.59. The number of aromatic nitrogens is 2. The summed E-state index contributed by atoms with van der Waals surface area (Å²) in [6.07, 6.45) is 9.83. The summed E-state index contributed by atoms with van der Waals surface area (Å²) in [6, 6.07) is 0. The lowest BCUT2D eigenvalue weighted by molar-refractivity contribution is 0.202. The summed E-state index contributed by atoms with van der Waals surface area (Å²) in [4.78, 5) is 10.9. The van der Waals surface area contributed by atoms with Gasteiger partial charge in [0.05, 0.1) is 0 Å². The smallest absolute Gasteiger partial charge is 0.192 e. The molecule has 2 fully saturated rings. The fraction of sp³-hybridized carbons (Fsp3) is 0.643. The highest BCUT2D eigenvalue weighted by Crippen LogP contribution is 2.37. The van der Waals surface area contributed by atoms with Crippen LogP contribution in [0.1, 0.15) is 37.8 Å². The van der Waals surface area contributed by atoms with Crippen LogP contribution in [0.15, 0.2) is 17.5 Å². The van der Waals surface area contributed by atoms with E-state index in [1.807, 2.05) is 0 Å². The molecule has 1 aromatic rings. The Morgan fingerprint density at radius 3 is 2.75 bits per heavy atom. The summed E-state index contributed by atoms with van der Waals surface area (Å²) >= 11 is 0. The van der Waals surface area contributed by atoms with Crippen molar-refractivity contribution in [2.75, 3.05) is 18.0 Å². The van der Waals surface area contributed by atoms with Crippen LogP contribution in [-0.4, -0.2) is 34.1 Å². The van der Waals surface area contributed by atoms with Crippen molar-refractivity contribution < 1.29 is 5.21 Å². The van der Waals surface area contributed by atoms with Gasteiger partial charge in [-0.15, -0.1) is 0 Å². The van der Waals surface area contributed by atoms with Crippen molar-refractivity contribution in [2.45, 2.75) is 32.1 Å². The summed E-state index contributed by atoms with van der Waals surface area (Å²) in [5.41, 5.74) is 6.18. The molecule has 6 nitrogen and oxygen atoms in total. The molecule has 0 spiro atoms. The third kappa shape index (κ3) is 2.42. The third-order valence-electron chi connectivity index (χ3n) is 4.62. The van der Waals surface area contributed by atoms with E-state index >= 15 is 0 Å². The van der Waals surface area contributed by atoms with Crippen LogP contribution in [0.2, 0.25) is 0 Å². The predicted molar refractivity (Wildman–Crippen MR) is 76.8 cm³/mol. The Labute approximate surface area is 118 Å². The van der Waals surface area contributed by atoms with Crippen LogP contribution in [0.5, 0.6) is 0 Å². The molecule has 2 unspecified atom stereocenters. The number of nitrogens with zero attached hydrogens (tertiary/aromatic N) is 4. The van der Waals surface area contributed by atoms with E-state index in [1.54, 1.807) is 12.4 Å². The Morgan fingerprint density at radius 2 is 1.95 bits per heavy atom. The minimum Gasteiger partial charge on any atom is -0.409 e. The van der Waals surface area contributed by atoms with Gasteiger partial charge in [-0.3, -0.25) is 0 Å². The van der Waals surface area contributed by atoms with E-state index in [0.29, 0.717) is 5.69 Å². The van der Waals surface area contributed by atoms with Gasteiger partial charge in [0.15, 0.2) is 17.3 Å². The minimum atomic E-state index is 0.0267. The van der Waals surface area contributed by atoms with Crippen molar-refractivity contribution in [3.63, 3.8) is 0 Å². The molecule has 0 radical (unpaired) electrons. The Balaban J connectivity index is 1.83. The van der Waals surface area contributed by atoms with E-state index in [-0.39, 0.29) is 5.84 Å². The van der Waals surface area contributed by atoms with Crippen LogP contribution in [0, 0.1) is 11.8 Å². The van der Waals surface area contributed by atoms with Crippen molar-refractivity contribution in [3.05, 3.63) is 18.1 Å². The molecule has 1 aliphatic carbocycles. The van der Waals surface area contributed by atoms with Crippen molar-refractivity contribution in [1.82, 2.24) is 9.97 Å². The number of hydrogen-bond donors (Lipinski definition) is 2. The molecule has 0 aromatic carbocycles. The average Bonchev–Trinajstić information content (AvgIpc) is 2.53. The first-order valence-electron chi connectivity index (χ1n) is 7.33. The topological polar surface area (TPSA) is 87.6 Å². The van der Waals surface area contributed by atoms with Gasteiger partial charge in [0.1, 0.15) is 0 Å². The minimum absolute atomic E-state index is 0.0267. The maximum absolute atomic E-state index is 8.88. The summed E-state index contributed by atoms with van der Waals surface area (Å²) < 4.78 is 0. The molecule has 3 rings (SSSR count). The quantitative estimate of drug-likeness (QED) is 0.370. The molecule has 2 atom stereocenters. The maximum atomic E-state index is 8.88. The fourth-order valence-electron chi connectivity index (χ4n) is 3.58. The van der Waals surface area contributed by atoms with Crippen LogP contribution in [0.3, 0.4) is 0 Å². The number of amidine groups is 1. The number of rotatable bonds is 2. The monoisotopic (exact) mass is 275 g/mol. The van der Waals surface area contributed by atoms with Gasteiger partial charge in [0.2, 0.25) is 0 Å². The second-order valence-corrected chi connectivity index (χ2v) is 5.75. The molecule has 1 aliphatic heterocycles. The molecule has 1 aromatic heterocycles. The van der Waals surface area contributed by atoms with E-state index in [9.17, 15) is 0 Å². The van der Waals surface area contributed by atoms with Crippen molar-refractivity contribution in [1.29, 1.82) is 0 Å². The van der Waals surface area contributed by atoms with Crippen molar-refractivity contribution in [2.24, 2.45) is 22.7 Å². The van der Waals surface area contributed by atoms with Gasteiger partial charge < -0.3 is 15.8 Å². The van der Waals surface area contributed by atoms with Gasteiger partial charge in [0.25, 0.3) is 0 Å². The van der Waals surface area contributed by atoms with Gasteiger partial charge in [-0.05, 0) is 24.7 Å². The zero-order valence-corrected chi connectivity index (χ0v) is 11.6. The van der Waals surface area contributed by atoms with Crippen molar-refractivity contribution >= 4 is 11.7 Å². The first kappa shape index (κ1) is 13.1. The molecular weight excluding hydrogens is 254 g/mol. The molecule has 0 bridgehead atoms. The molecule has 1 saturated carbocycles. The van der Waals surface area contributed by atoms with Gasteiger partial charge in [0, 0.05) is 25.5 Å². The van der Waals surface area contributed by atoms with Crippen LogP contribution >= 0.6 is 0 Å². The van der Waals surface area contributed by atoms with Crippen LogP contribution in [-0.2, 0) is 0 Å². The van der Waals surface area contributed by atoms with Crippen molar-refractivity contribution in [3.8, 4) is 0 Å². The second-order valence-electron chi connectivity index (χ2n) is 5.75. The first-order chi connectivity index (χ1) is 9.79. The maximum Gasteiger partial charge on any atom is 0.192 e. The Kier molecular flexibility index (Phi) is 3.71. The van der Waals surface area contributed by atoms with Gasteiger partial charge in [-0.1, -0.05) is 24.4 Å². The average molecular weight is 275 g/mol. The number of hydrogen-bond acceptors (Lipinski definition) is 5. The molecule has 108 valence electrons. The van der Waals surface area contributed by atoms with Gasteiger partial charge in [-0.2, -0.15) is 0 Å². The standard InChI is InChI=1S/C14H21N5O/c15-13(18-20)12-14(17-7-6-16-12)19-8-5-10-3-1-2-4-11(10)9-19/h6-7,10-11,20H,1-5,8-9H2,(H2,15,18). The molecule has 2 heterocycles. The Hall–Kier alpha value is -1.85. The SMILES string of the molecule is NC(=NO)c1nccnc1N1CCC2CCCCC2C1. The van der Waals surface area contributed by atoms with E-state index in [0.717, 1.165) is 30.7 Å². The fourth-order valence-corrected chi connectivity index (χ4v) is 3.58. The van der Waals surface area contributed by atoms with E-state index in [4.69, 9.17) is 10.9 Å². The number of piperidine rings is 1. The highest BCUT2D eigenvalue weighted by Gasteiger charge is 2.32. The van der Waals surface area contributed by atoms with Crippen LogP contribution in [0.4, 0.5) is 5.82 Å². The summed E-state index contributed by atoms with van der Waals surface area (Å²) in [6.45, 7) is 1.99. The first-order valence-corrected chi connectivity index (χ1v) is 7.33. The number of oxime groups is 1. The highest BCUT2D eigenvalue weighted by atomic mass is 16.4. The molecule has 6 heteroatoms. The number of anilines is 1. The molecule has 3 N–H and O–H groups in total. The van der Waals surface area contributed by atoms with E-state index < -0.39 is 0 Å². The molecule has 1 saturated heterocycles. The lowest BCUT2D eigenvalue weighted by Gasteiger charge is -2.42. The molecule has 0 amide bonds. The van der Waals surface area contributed by atoms with Crippen LogP contribution in [0.25, 0.3) is 0 Å². The summed E-state index contributed by atoms with van der Waals surface area (Å²) in [5.74, 6) is 2.38. The summed E-state index contributed by atoms with van der Waals surface area (Å²) in [7, 11) is 0. The zero-order valence-electron chi connectivity index (χ0n) is 11.6. The van der Waals surface area contributed by atoms with E-state index in [1.165, 1.54) is 32.1 Å². The number of fused-ring (bicyclic) bond motifs is 1. The van der Waals surface area contributed by atoms with Crippen LogP contribution < -0.4 is 10.6 Å². The van der Waals surface area contributed by atoms with E-state index in [2.05, 4.69) is 20.0 Å². The molecule has 20 heavy (non-hydrogen) atoms. The molecule has 2 aliphatic rings. The Morgan fingerprint density at radius 1 is 1.20 bits per heavy atom. The zero-order chi connectivity index (χ0) is 13.9. The normalized spacial score (nSPS) is 27.2. The second kappa shape index (κ2) is 5.64. The largest absolute Gasteiger partial charge is 0.409 e. The molecular formula is C14H21N5O. The van der Waals surface area contributed by atoms with Gasteiger partial charge in [-0.25, -0.2) is 9.97 Å². The third-order valence-corrected chi connectivity index (χ3v) is 4.62. The lowest BCUT2D eigenvalue weighted by atomic mass is 9.75.